The fourth-order valence-corrected chi connectivity index (χ4v) is 5.25. The van der Waals surface area contributed by atoms with Crippen molar-refractivity contribution in [3.63, 3.8) is 0 Å². The van der Waals surface area contributed by atoms with Gasteiger partial charge in [0.25, 0.3) is 5.91 Å². The Bertz CT molecular complexity index is 994. The van der Waals surface area contributed by atoms with E-state index >= 15 is 0 Å². The molecule has 4 rings (SSSR count). The number of carbonyl (C=O) groups excluding carboxylic acids is 1. The van der Waals surface area contributed by atoms with Crippen molar-refractivity contribution >= 4 is 26.6 Å². The molecule has 7 nitrogen and oxygen atoms in total. The molecule has 1 aromatic heterocycles. The van der Waals surface area contributed by atoms with E-state index in [4.69, 9.17) is 4.74 Å². The Hall–Kier alpha value is -2.19. The second-order valence-electron chi connectivity index (χ2n) is 7.91. The van der Waals surface area contributed by atoms with Crippen LogP contribution in [0.25, 0.3) is 10.9 Å². The number of amides is 1. The van der Waals surface area contributed by atoms with Crippen molar-refractivity contribution in [2.75, 3.05) is 44.8 Å². The normalized spacial score (nSPS) is 22.1. The average molecular weight is 418 g/mol. The minimum atomic E-state index is -3.02. The first-order valence-corrected chi connectivity index (χ1v) is 12.0. The standard InChI is InChI=1S/C21H27N3O4S/c1-23-9-2-3-17(23)8-12-28-18-5-7-19-16(15-18)4-6-20(22-19)21(25)24-10-13-29(26,27)14-11-24/h4-7,15,17H,2-3,8-14H2,1H3. The van der Waals surface area contributed by atoms with Crippen LogP contribution in [-0.4, -0.2) is 79.9 Å². The molecule has 0 spiro atoms. The van der Waals surface area contributed by atoms with Gasteiger partial charge in [-0.2, -0.15) is 0 Å². The number of pyridine rings is 1. The fourth-order valence-electron chi connectivity index (χ4n) is 4.05. The van der Waals surface area contributed by atoms with E-state index < -0.39 is 9.84 Å². The Morgan fingerprint density at radius 3 is 2.69 bits per heavy atom. The molecule has 1 unspecified atom stereocenters. The van der Waals surface area contributed by atoms with Gasteiger partial charge in [0.15, 0.2) is 9.84 Å². The van der Waals surface area contributed by atoms with Crippen molar-refractivity contribution in [3.05, 3.63) is 36.0 Å². The lowest BCUT2D eigenvalue weighted by Crippen LogP contribution is -2.44. The van der Waals surface area contributed by atoms with Gasteiger partial charge in [-0.3, -0.25) is 4.79 Å². The van der Waals surface area contributed by atoms with Crippen molar-refractivity contribution in [3.8, 4) is 5.75 Å². The maximum absolute atomic E-state index is 12.7. The lowest BCUT2D eigenvalue weighted by atomic mass is 10.1. The zero-order chi connectivity index (χ0) is 20.4. The summed E-state index contributed by atoms with van der Waals surface area (Å²) in [6.45, 7) is 2.30. The maximum atomic E-state index is 12.7. The number of aromatic nitrogens is 1. The zero-order valence-corrected chi connectivity index (χ0v) is 17.5. The minimum absolute atomic E-state index is 0.0175. The third kappa shape index (κ3) is 4.70. The molecule has 2 aliphatic heterocycles. The molecule has 0 bridgehead atoms. The quantitative estimate of drug-likeness (QED) is 0.740. The molecule has 156 valence electrons. The SMILES string of the molecule is CN1CCCC1CCOc1ccc2nc(C(=O)N3CCS(=O)(=O)CC3)ccc2c1. The minimum Gasteiger partial charge on any atom is -0.494 e. The molecule has 3 heterocycles. The van der Waals surface area contributed by atoms with E-state index in [-0.39, 0.29) is 30.5 Å². The molecule has 2 fully saturated rings. The van der Waals surface area contributed by atoms with E-state index in [2.05, 4.69) is 16.9 Å². The molecule has 0 radical (unpaired) electrons. The van der Waals surface area contributed by atoms with Gasteiger partial charge in [-0.15, -0.1) is 0 Å². The van der Waals surface area contributed by atoms with Gasteiger partial charge in [-0.05, 0) is 57.1 Å². The first kappa shape index (κ1) is 20.1. The number of benzene rings is 1. The van der Waals surface area contributed by atoms with Gasteiger partial charge in [-0.1, -0.05) is 6.07 Å². The van der Waals surface area contributed by atoms with Crippen molar-refractivity contribution in [2.45, 2.75) is 25.3 Å². The smallest absolute Gasteiger partial charge is 0.272 e. The average Bonchev–Trinajstić information content (AvgIpc) is 3.12. The van der Waals surface area contributed by atoms with Crippen LogP contribution in [0, 0.1) is 0 Å². The monoisotopic (exact) mass is 417 g/mol. The third-order valence-electron chi connectivity index (χ3n) is 5.90. The van der Waals surface area contributed by atoms with Crippen LogP contribution >= 0.6 is 0 Å². The highest BCUT2D eigenvalue weighted by atomic mass is 32.2. The summed E-state index contributed by atoms with van der Waals surface area (Å²) in [5.41, 5.74) is 1.07. The molecule has 2 aliphatic rings. The number of fused-ring (bicyclic) bond motifs is 1. The van der Waals surface area contributed by atoms with Crippen LogP contribution in [0.15, 0.2) is 30.3 Å². The Labute approximate surface area is 171 Å². The molecule has 1 atom stereocenters. The van der Waals surface area contributed by atoms with E-state index in [1.54, 1.807) is 11.0 Å². The van der Waals surface area contributed by atoms with Crippen LogP contribution in [0.1, 0.15) is 29.8 Å². The lowest BCUT2D eigenvalue weighted by Gasteiger charge is -2.26. The summed E-state index contributed by atoms with van der Waals surface area (Å²) in [6.07, 6.45) is 3.52. The highest BCUT2D eigenvalue weighted by Gasteiger charge is 2.26. The van der Waals surface area contributed by atoms with E-state index in [1.165, 1.54) is 19.4 Å². The third-order valence-corrected chi connectivity index (χ3v) is 7.51. The topological polar surface area (TPSA) is 79.8 Å². The van der Waals surface area contributed by atoms with Crippen molar-refractivity contribution in [1.29, 1.82) is 0 Å². The largest absolute Gasteiger partial charge is 0.494 e. The van der Waals surface area contributed by atoms with Crippen LogP contribution in [-0.2, 0) is 9.84 Å². The number of hydrogen-bond donors (Lipinski definition) is 0. The van der Waals surface area contributed by atoms with Crippen LogP contribution in [0.3, 0.4) is 0 Å². The predicted octanol–water partition coefficient (Wildman–Crippen LogP) is 1.97. The van der Waals surface area contributed by atoms with Gasteiger partial charge in [0.1, 0.15) is 11.4 Å². The second kappa shape index (κ2) is 8.28. The maximum Gasteiger partial charge on any atom is 0.272 e. The predicted molar refractivity (Wildman–Crippen MR) is 112 cm³/mol. The molecular formula is C21H27N3O4S. The molecule has 0 saturated carbocycles. The number of carbonyl (C=O) groups is 1. The van der Waals surface area contributed by atoms with E-state index in [0.717, 1.165) is 23.1 Å². The summed E-state index contributed by atoms with van der Waals surface area (Å²) < 4.78 is 29.0. The van der Waals surface area contributed by atoms with Gasteiger partial charge in [-0.25, -0.2) is 13.4 Å². The molecule has 1 amide bonds. The summed E-state index contributed by atoms with van der Waals surface area (Å²) in [6, 6.07) is 9.87. The van der Waals surface area contributed by atoms with E-state index in [1.807, 2.05) is 24.3 Å². The van der Waals surface area contributed by atoms with Crippen molar-refractivity contribution in [1.82, 2.24) is 14.8 Å². The van der Waals surface area contributed by atoms with Gasteiger partial charge < -0.3 is 14.5 Å². The molecule has 2 saturated heterocycles. The van der Waals surface area contributed by atoms with Crippen LogP contribution in [0.2, 0.25) is 0 Å². The second-order valence-corrected chi connectivity index (χ2v) is 10.2. The molecular weight excluding hydrogens is 390 g/mol. The molecule has 0 aliphatic carbocycles. The number of rotatable bonds is 5. The summed E-state index contributed by atoms with van der Waals surface area (Å²) in [5, 5.41) is 0.915. The molecule has 8 heteroatoms. The summed E-state index contributed by atoms with van der Waals surface area (Å²) >= 11 is 0. The fraction of sp³-hybridized carbons (Fsp3) is 0.524. The Morgan fingerprint density at radius 1 is 1.17 bits per heavy atom. The highest BCUT2D eigenvalue weighted by molar-refractivity contribution is 7.91. The first-order valence-electron chi connectivity index (χ1n) is 10.1. The van der Waals surface area contributed by atoms with Gasteiger partial charge in [0.05, 0.1) is 23.6 Å². The first-order chi connectivity index (χ1) is 13.9. The Kier molecular flexibility index (Phi) is 5.74. The molecule has 0 N–H and O–H groups in total. The van der Waals surface area contributed by atoms with Crippen LogP contribution in [0.4, 0.5) is 0 Å². The number of ether oxygens (including phenoxy) is 1. The number of sulfone groups is 1. The van der Waals surface area contributed by atoms with E-state index in [9.17, 15) is 13.2 Å². The van der Waals surface area contributed by atoms with Crippen LogP contribution in [0.5, 0.6) is 5.75 Å². The Morgan fingerprint density at radius 2 is 1.97 bits per heavy atom. The number of hydrogen-bond acceptors (Lipinski definition) is 6. The Balaban J connectivity index is 1.39. The summed E-state index contributed by atoms with van der Waals surface area (Å²) in [4.78, 5) is 21.1. The number of nitrogens with zero attached hydrogens (tertiary/aromatic N) is 3. The molecule has 1 aromatic carbocycles. The molecule has 29 heavy (non-hydrogen) atoms. The lowest BCUT2D eigenvalue weighted by molar-refractivity contribution is 0.0765. The van der Waals surface area contributed by atoms with Crippen molar-refractivity contribution in [2.24, 2.45) is 0 Å². The van der Waals surface area contributed by atoms with Gasteiger partial charge in [0, 0.05) is 24.5 Å². The zero-order valence-electron chi connectivity index (χ0n) is 16.7. The van der Waals surface area contributed by atoms with E-state index in [0.29, 0.717) is 18.3 Å². The number of likely N-dealkylation sites (tertiary alicyclic amines) is 1. The van der Waals surface area contributed by atoms with Gasteiger partial charge >= 0.3 is 0 Å². The summed E-state index contributed by atoms with van der Waals surface area (Å²) in [7, 11) is -0.850. The molecule has 2 aromatic rings. The van der Waals surface area contributed by atoms with Gasteiger partial charge in [0.2, 0.25) is 0 Å². The van der Waals surface area contributed by atoms with Crippen LogP contribution < -0.4 is 4.74 Å². The highest BCUT2D eigenvalue weighted by Crippen LogP contribution is 2.22. The summed E-state index contributed by atoms with van der Waals surface area (Å²) in [5.74, 6) is 0.621. The van der Waals surface area contributed by atoms with Crippen molar-refractivity contribution < 1.29 is 17.9 Å².